The summed E-state index contributed by atoms with van der Waals surface area (Å²) in [6.07, 6.45) is 14.1. The van der Waals surface area contributed by atoms with E-state index in [-0.39, 0.29) is 11.2 Å². The first-order valence-electron chi connectivity index (χ1n) is 10.2. The van der Waals surface area contributed by atoms with Gasteiger partial charge in [-0.05, 0) is 32.6 Å². The third-order valence-corrected chi connectivity index (χ3v) is 6.71. The molecule has 0 aromatic carbocycles. The molecule has 1 aromatic rings. The summed E-state index contributed by atoms with van der Waals surface area (Å²) in [5, 5.41) is 12.8. The van der Waals surface area contributed by atoms with E-state index in [1.165, 1.54) is 63.1 Å². The van der Waals surface area contributed by atoms with Crippen LogP contribution in [0.4, 0.5) is 0 Å². The van der Waals surface area contributed by atoms with E-state index < -0.39 is 0 Å². The maximum atomic E-state index is 12.6. The van der Waals surface area contributed by atoms with E-state index in [0.717, 1.165) is 23.8 Å². The van der Waals surface area contributed by atoms with Crippen LogP contribution in [0.3, 0.4) is 0 Å². The molecule has 0 radical (unpaired) electrons. The van der Waals surface area contributed by atoms with Crippen LogP contribution in [0.2, 0.25) is 0 Å². The number of amides is 1. The van der Waals surface area contributed by atoms with Crippen molar-refractivity contribution < 1.29 is 4.79 Å². The minimum Gasteiger partial charge on any atom is -0.352 e. The second-order valence-corrected chi connectivity index (χ2v) is 8.99. The van der Waals surface area contributed by atoms with Crippen LogP contribution >= 0.6 is 11.8 Å². The summed E-state index contributed by atoms with van der Waals surface area (Å²) in [7, 11) is 0. The summed E-state index contributed by atoms with van der Waals surface area (Å²) in [4.78, 5) is 12.6. The zero-order valence-electron chi connectivity index (χ0n) is 16.0. The van der Waals surface area contributed by atoms with E-state index in [9.17, 15) is 4.79 Å². The van der Waals surface area contributed by atoms with Crippen LogP contribution in [0.1, 0.15) is 82.9 Å². The van der Waals surface area contributed by atoms with Gasteiger partial charge in [-0.1, -0.05) is 56.4 Å². The molecule has 1 amide bonds. The molecule has 1 aromatic heterocycles. The van der Waals surface area contributed by atoms with Crippen molar-refractivity contribution in [3.8, 4) is 0 Å². The van der Waals surface area contributed by atoms with Crippen molar-refractivity contribution in [1.82, 2.24) is 20.1 Å². The molecule has 2 saturated carbocycles. The average Bonchev–Trinajstić information content (AvgIpc) is 3.06. The first kappa shape index (κ1) is 19.5. The van der Waals surface area contributed by atoms with Gasteiger partial charge in [0.25, 0.3) is 0 Å². The Kier molecular flexibility index (Phi) is 7.17. The number of hydrogen-bond donors (Lipinski definition) is 1. The van der Waals surface area contributed by atoms with Gasteiger partial charge in [0.05, 0.1) is 5.25 Å². The normalized spacial score (nSPS) is 20.7. The van der Waals surface area contributed by atoms with E-state index in [4.69, 9.17) is 0 Å². The number of aromatic nitrogens is 3. The van der Waals surface area contributed by atoms with Gasteiger partial charge in [-0.25, -0.2) is 0 Å². The van der Waals surface area contributed by atoms with E-state index in [1.54, 1.807) is 0 Å². The summed E-state index contributed by atoms with van der Waals surface area (Å²) in [5.74, 6) is 1.69. The number of nitrogens with zero attached hydrogens (tertiary/aromatic N) is 3. The molecule has 1 unspecified atom stereocenters. The zero-order valence-corrected chi connectivity index (χ0v) is 16.8. The van der Waals surface area contributed by atoms with Crippen molar-refractivity contribution in [2.24, 2.45) is 0 Å². The third-order valence-electron chi connectivity index (χ3n) is 5.63. The molecule has 1 heterocycles. The van der Waals surface area contributed by atoms with Crippen molar-refractivity contribution in [2.45, 2.75) is 100 Å². The van der Waals surface area contributed by atoms with Crippen LogP contribution < -0.4 is 5.32 Å². The number of nitrogens with one attached hydrogen (secondary N) is 1. The predicted molar refractivity (Wildman–Crippen MR) is 106 cm³/mol. The smallest absolute Gasteiger partial charge is 0.233 e. The molecule has 26 heavy (non-hydrogen) atoms. The lowest BCUT2D eigenvalue weighted by atomic mass is 9.89. The Balaban J connectivity index is 1.64. The van der Waals surface area contributed by atoms with Crippen LogP contribution in [0.15, 0.2) is 17.8 Å². The van der Waals surface area contributed by atoms with E-state index in [0.29, 0.717) is 18.5 Å². The average molecular weight is 377 g/mol. The van der Waals surface area contributed by atoms with E-state index in [2.05, 4.69) is 26.7 Å². The van der Waals surface area contributed by atoms with Crippen molar-refractivity contribution >= 4 is 17.7 Å². The van der Waals surface area contributed by atoms with Gasteiger partial charge in [0.1, 0.15) is 5.82 Å². The lowest BCUT2D eigenvalue weighted by Crippen LogP contribution is -2.40. The predicted octanol–water partition coefficient (Wildman–Crippen LogP) is 4.44. The molecule has 1 N–H and O–H groups in total. The second-order valence-electron chi connectivity index (χ2n) is 7.68. The Morgan fingerprint density at radius 2 is 1.85 bits per heavy atom. The molecule has 2 aliphatic carbocycles. The highest BCUT2D eigenvalue weighted by atomic mass is 32.2. The van der Waals surface area contributed by atoms with Crippen LogP contribution in [-0.2, 0) is 11.3 Å². The molecular formula is C20H32N4OS. The number of rotatable bonds is 7. The number of allylic oxidation sites excluding steroid dienone is 1. The molecule has 1 atom stereocenters. The summed E-state index contributed by atoms with van der Waals surface area (Å²) in [6, 6.07) is 0.350. The van der Waals surface area contributed by atoms with Crippen molar-refractivity contribution in [2.75, 3.05) is 0 Å². The maximum absolute atomic E-state index is 12.6. The standard InChI is InChI=1S/C20H32N4OS/c1-3-14-24-18(16-10-6-4-7-11-16)22-23-20(24)26-15(2)19(25)21-17-12-8-5-9-13-17/h3,15-17H,1,4-14H2,2H3,(H,21,25). The van der Waals surface area contributed by atoms with E-state index in [1.807, 2.05) is 13.0 Å². The molecule has 5 nitrogen and oxygen atoms in total. The highest BCUT2D eigenvalue weighted by Gasteiger charge is 2.26. The quantitative estimate of drug-likeness (QED) is 0.564. The molecular weight excluding hydrogens is 344 g/mol. The molecule has 3 rings (SSSR count). The van der Waals surface area contributed by atoms with Crippen LogP contribution in [0.5, 0.6) is 0 Å². The Morgan fingerprint density at radius 1 is 1.19 bits per heavy atom. The van der Waals surface area contributed by atoms with Crippen LogP contribution in [-0.4, -0.2) is 32.0 Å². The van der Waals surface area contributed by atoms with Gasteiger partial charge in [-0.2, -0.15) is 0 Å². The highest BCUT2D eigenvalue weighted by Crippen LogP contribution is 2.34. The molecule has 2 fully saturated rings. The zero-order chi connectivity index (χ0) is 18.4. The van der Waals surface area contributed by atoms with Crippen LogP contribution in [0.25, 0.3) is 0 Å². The van der Waals surface area contributed by atoms with Crippen molar-refractivity contribution in [1.29, 1.82) is 0 Å². The van der Waals surface area contributed by atoms with Gasteiger partial charge < -0.3 is 9.88 Å². The molecule has 0 spiro atoms. The fourth-order valence-electron chi connectivity index (χ4n) is 4.13. The summed E-state index contributed by atoms with van der Waals surface area (Å²) >= 11 is 1.52. The minimum absolute atomic E-state index is 0.120. The topological polar surface area (TPSA) is 59.8 Å². The Labute approximate surface area is 161 Å². The molecule has 144 valence electrons. The first-order chi connectivity index (χ1) is 12.7. The number of thioether (sulfide) groups is 1. The number of carbonyl (C=O) groups excluding carboxylic acids is 1. The number of carbonyl (C=O) groups is 1. The SMILES string of the molecule is C=CCn1c(SC(C)C(=O)NC2CCCCC2)nnc1C1CCCCC1. The van der Waals surface area contributed by atoms with Gasteiger partial charge in [-0.3, -0.25) is 4.79 Å². The van der Waals surface area contributed by atoms with E-state index >= 15 is 0 Å². The first-order valence-corrected chi connectivity index (χ1v) is 11.1. The Bertz CT molecular complexity index is 603. The Morgan fingerprint density at radius 3 is 2.50 bits per heavy atom. The largest absolute Gasteiger partial charge is 0.352 e. The van der Waals surface area contributed by atoms with Crippen molar-refractivity contribution in [3.63, 3.8) is 0 Å². The fourth-order valence-corrected chi connectivity index (χ4v) is 5.00. The highest BCUT2D eigenvalue weighted by molar-refractivity contribution is 8.00. The lowest BCUT2D eigenvalue weighted by Gasteiger charge is -2.24. The summed E-state index contributed by atoms with van der Waals surface area (Å²) in [6.45, 7) is 6.56. The monoisotopic (exact) mass is 376 g/mol. The fraction of sp³-hybridized carbons (Fsp3) is 0.750. The van der Waals surface area contributed by atoms with Crippen LogP contribution in [0, 0.1) is 0 Å². The molecule has 0 aliphatic heterocycles. The summed E-state index contributed by atoms with van der Waals surface area (Å²) in [5.41, 5.74) is 0. The van der Waals surface area contributed by atoms with Crippen molar-refractivity contribution in [3.05, 3.63) is 18.5 Å². The molecule has 0 bridgehead atoms. The summed E-state index contributed by atoms with van der Waals surface area (Å²) < 4.78 is 2.16. The van der Waals surface area contributed by atoms with Gasteiger partial charge in [0.15, 0.2) is 5.16 Å². The molecule has 0 saturated heterocycles. The second kappa shape index (κ2) is 9.58. The van der Waals surface area contributed by atoms with Gasteiger partial charge in [0, 0.05) is 18.5 Å². The van der Waals surface area contributed by atoms with Gasteiger partial charge in [-0.15, -0.1) is 16.8 Å². The lowest BCUT2D eigenvalue weighted by molar-refractivity contribution is -0.121. The van der Waals surface area contributed by atoms with Gasteiger partial charge >= 0.3 is 0 Å². The molecule has 6 heteroatoms. The minimum atomic E-state index is -0.163. The third kappa shape index (κ3) is 4.90. The number of hydrogen-bond acceptors (Lipinski definition) is 4. The molecule has 2 aliphatic rings. The van der Waals surface area contributed by atoms with Gasteiger partial charge in [0.2, 0.25) is 5.91 Å². The maximum Gasteiger partial charge on any atom is 0.233 e. The Hall–Kier alpha value is -1.30.